The summed E-state index contributed by atoms with van der Waals surface area (Å²) in [5.74, 6) is 1.61. The van der Waals surface area contributed by atoms with Crippen LogP contribution in [-0.2, 0) is 4.79 Å². The average Bonchev–Trinajstić information content (AvgIpc) is 2.34. The van der Waals surface area contributed by atoms with Crippen LogP contribution in [0.25, 0.3) is 0 Å². The molecule has 0 aromatic rings. The molecule has 0 heterocycles. The Kier molecular flexibility index (Phi) is 6.84. The minimum absolute atomic E-state index is 0.298. The molecule has 1 aliphatic carbocycles. The zero-order valence-electron chi connectivity index (χ0n) is 13.2. The summed E-state index contributed by atoms with van der Waals surface area (Å²) in [5.41, 5.74) is 6.00. The van der Waals surface area contributed by atoms with Crippen molar-refractivity contribution in [1.29, 1.82) is 0 Å². The molecule has 1 fully saturated rings. The van der Waals surface area contributed by atoms with Crippen molar-refractivity contribution in [3.8, 4) is 0 Å². The van der Waals surface area contributed by atoms with Crippen molar-refractivity contribution in [3.63, 3.8) is 0 Å². The Bertz CT molecular complexity index is 278. The van der Waals surface area contributed by atoms with Crippen molar-refractivity contribution >= 4 is 5.91 Å². The van der Waals surface area contributed by atoms with Gasteiger partial charge in [-0.3, -0.25) is 4.79 Å². The lowest BCUT2D eigenvalue weighted by atomic mass is 9.83. The summed E-state index contributed by atoms with van der Waals surface area (Å²) in [4.78, 5) is 14.1. The number of carbonyl (C=O) groups is 1. The predicted octanol–water partition coefficient (Wildman–Crippen LogP) is 3.18. The summed E-state index contributed by atoms with van der Waals surface area (Å²) in [6.07, 6.45) is 7.55. The molecule has 0 radical (unpaired) electrons. The lowest BCUT2D eigenvalue weighted by Gasteiger charge is -2.29. The third-order valence-electron chi connectivity index (χ3n) is 4.46. The molecule has 3 unspecified atom stereocenters. The quantitative estimate of drug-likeness (QED) is 0.804. The maximum atomic E-state index is 12.2. The van der Waals surface area contributed by atoms with Crippen LogP contribution in [0.5, 0.6) is 0 Å². The number of hydrogen-bond donors (Lipinski definition) is 1. The van der Waals surface area contributed by atoms with Crippen LogP contribution in [0.1, 0.15) is 65.7 Å². The van der Waals surface area contributed by atoms with E-state index in [1.165, 1.54) is 12.8 Å². The first-order valence-electron chi connectivity index (χ1n) is 7.91. The van der Waals surface area contributed by atoms with Crippen molar-refractivity contribution in [2.75, 3.05) is 7.05 Å². The van der Waals surface area contributed by atoms with Gasteiger partial charge in [-0.2, -0.15) is 0 Å². The van der Waals surface area contributed by atoms with Gasteiger partial charge in [-0.25, -0.2) is 0 Å². The van der Waals surface area contributed by atoms with Crippen LogP contribution in [0.2, 0.25) is 0 Å². The molecule has 1 rings (SSSR count). The smallest absolute Gasteiger partial charge is 0.222 e. The Hall–Kier alpha value is -0.570. The number of carbonyl (C=O) groups excluding carboxylic acids is 1. The van der Waals surface area contributed by atoms with Crippen molar-refractivity contribution < 1.29 is 4.79 Å². The molecule has 3 heteroatoms. The second-order valence-electron chi connectivity index (χ2n) is 6.81. The van der Waals surface area contributed by atoms with Crippen LogP contribution in [0.3, 0.4) is 0 Å². The van der Waals surface area contributed by atoms with Gasteiger partial charge >= 0.3 is 0 Å². The molecule has 0 saturated heterocycles. The van der Waals surface area contributed by atoms with E-state index in [9.17, 15) is 4.79 Å². The van der Waals surface area contributed by atoms with E-state index in [1.807, 2.05) is 11.9 Å². The Labute approximate surface area is 118 Å². The third kappa shape index (κ3) is 5.94. The first-order chi connectivity index (χ1) is 8.90. The van der Waals surface area contributed by atoms with E-state index in [0.29, 0.717) is 36.2 Å². The third-order valence-corrected chi connectivity index (χ3v) is 4.46. The van der Waals surface area contributed by atoms with E-state index in [-0.39, 0.29) is 0 Å². The topological polar surface area (TPSA) is 46.3 Å². The summed E-state index contributed by atoms with van der Waals surface area (Å²) < 4.78 is 0. The highest BCUT2D eigenvalue weighted by atomic mass is 16.2. The fourth-order valence-corrected chi connectivity index (χ4v) is 3.18. The Morgan fingerprint density at radius 1 is 1.32 bits per heavy atom. The molecule has 1 aliphatic rings. The summed E-state index contributed by atoms with van der Waals surface area (Å²) >= 11 is 0. The molecule has 2 N–H and O–H groups in total. The van der Waals surface area contributed by atoms with Crippen LogP contribution in [0.4, 0.5) is 0 Å². The van der Waals surface area contributed by atoms with Gasteiger partial charge in [0.25, 0.3) is 0 Å². The van der Waals surface area contributed by atoms with E-state index >= 15 is 0 Å². The SMILES string of the molecule is CC(C)CC(C)N(C)C(=O)CCC1CCCC(N)C1. The molecule has 0 aromatic heterocycles. The zero-order valence-corrected chi connectivity index (χ0v) is 13.2. The maximum absolute atomic E-state index is 12.2. The molecule has 112 valence electrons. The number of amides is 1. The normalized spacial score (nSPS) is 25.4. The highest BCUT2D eigenvalue weighted by Gasteiger charge is 2.22. The predicted molar refractivity (Wildman–Crippen MR) is 80.9 cm³/mol. The molecule has 0 aliphatic heterocycles. The Morgan fingerprint density at radius 2 is 2.00 bits per heavy atom. The number of nitrogens with two attached hydrogens (primary N) is 1. The number of rotatable bonds is 6. The molecule has 1 saturated carbocycles. The van der Waals surface area contributed by atoms with Gasteiger partial charge in [0.15, 0.2) is 0 Å². The summed E-state index contributed by atoms with van der Waals surface area (Å²) in [6, 6.07) is 0.715. The van der Waals surface area contributed by atoms with Crippen molar-refractivity contribution in [3.05, 3.63) is 0 Å². The number of nitrogens with zero attached hydrogens (tertiary/aromatic N) is 1. The van der Waals surface area contributed by atoms with Gasteiger partial charge in [0.2, 0.25) is 5.91 Å². The van der Waals surface area contributed by atoms with Crippen LogP contribution >= 0.6 is 0 Å². The molecule has 0 spiro atoms. The second kappa shape index (κ2) is 7.88. The summed E-state index contributed by atoms with van der Waals surface area (Å²) in [7, 11) is 1.95. The molecule has 1 amide bonds. The van der Waals surface area contributed by atoms with Crippen LogP contribution in [-0.4, -0.2) is 29.9 Å². The molecule has 19 heavy (non-hydrogen) atoms. The second-order valence-corrected chi connectivity index (χ2v) is 6.81. The lowest BCUT2D eigenvalue weighted by molar-refractivity contribution is -0.132. The van der Waals surface area contributed by atoms with Gasteiger partial charge in [0, 0.05) is 25.6 Å². The number of hydrogen-bond acceptors (Lipinski definition) is 2. The van der Waals surface area contributed by atoms with Crippen LogP contribution in [0, 0.1) is 11.8 Å². The van der Waals surface area contributed by atoms with Gasteiger partial charge in [-0.1, -0.05) is 26.7 Å². The van der Waals surface area contributed by atoms with E-state index in [1.54, 1.807) is 0 Å². The van der Waals surface area contributed by atoms with Gasteiger partial charge in [-0.05, 0) is 44.4 Å². The average molecular weight is 268 g/mol. The monoisotopic (exact) mass is 268 g/mol. The zero-order chi connectivity index (χ0) is 14.4. The molecular weight excluding hydrogens is 236 g/mol. The molecule has 0 aromatic carbocycles. The van der Waals surface area contributed by atoms with Gasteiger partial charge in [0.1, 0.15) is 0 Å². The lowest BCUT2D eigenvalue weighted by Crippen LogP contribution is -2.36. The molecule has 3 nitrogen and oxygen atoms in total. The van der Waals surface area contributed by atoms with Crippen molar-refractivity contribution in [2.45, 2.75) is 77.8 Å². The molecule has 0 bridgehead atoms. The van der Waals surface area contributed by atoms with Crippen molar-refractivity contribution in [2.24, 2.45) is 17.6 Å². The van der Waals surface area contributed by atoms with Gasteiger partial charge in [0.05, 0.1) is 0 Å². The van der Waals surface area contributed by atoms with E-state index < -0.39 is 0 Å². The fraction of sp³-hybridized carbons (Fsp3) is 0.938. The fourth-order valence-electron chi connectivity index (χ4n) is 3.18. The maximum Gasteiger partial charge on any atom is 0.222 e. The van der Waals surface area contributed by atoms with Crippen LogP contribution < -0.4 is 5.73 Å². The Morgan fingerprint density at radius 3 is 2.58 bits per heavy atom. The van der Waals surface area contributed by atoms with Gasteiger partial charge < -0.3 is 10.6 Å². The highest BCUT2D eigenvalue weighted by Crippen LogP contribution is 2.27. The van der Waals surface area contributed by atoms with Crippen LogP contribution in [0.15, 0.2) is 0 Å². The first-order valence-corrected chi connectivity index (χ1v) is 7.91. The standard InChI is InChI=1S/C16H32N2O/c1-12(2)10-13(3)18(4)16(19)9-8-14-6-5-7-15(17)11-14/h12-15H,5-11,17H2,1-4H3. The van der Waals surface area contributed by atoms with E-state index in [4.69, 9.17) is 5.73 Å². The van der Waals surface area contributed by atoms with Gasteiger partial charge in [-0.15, -0.1) is 0 Å². The first kappa shape index (κ1) is 16.5. The summed E-state index contributed by atoms with van der Waals surface area (Å²) in [5, 5.41) is 0. The summed E-state index contributed by atoms with van der Waals surface area (Å²) in [6.45, 7) is 6.56. The Balaban J connectivity index is 2.29. The van der Waals surface area contributed by atoms with E-state index in [2.05, 4.69) is 20.8 Å². The minimum Gasteiger partial charge on any atom is -0.343 e. The minimum atomic E-state index is 0.298. The molecular formula is C16H32N2O. The largest absolute Gasteiger partial charge is 0.343 e. The van der Waals surface area contributed by atoms with Crippen molar-refractivity contribution in [1.82, 2.24) is 4.90 Å². The molecule has 3 atom stereocenters. The van der Waals surface area contributed by atoms with E-state index in [0.717, 1.165) is 25.7 Å². The highest BCUT2D eigenvalue weighted by molar-refractivity contribution is 5.76.